The minimum absolute atomic E-state index is 0.172. The summed E-state index contributed by atoms with van der Waals surface area (Å²) in [6.45, 7) is 16.4. The number of carbonyl (C=O) groups excluding carboxylic acids is 2. The summed E-state index contributed by atoms with van der Waals surface area (Å²) in [5, 5.41) is 0. The van der Waals surface area contributed by atoms with Crippen LogP contribution in [0.25, 0.3) is 0 Å². The fraction of sp³-hybridized carbons (Fsp3) is 0.810. The molecule has 0 radical (unpaired) electrons. The van der Waals surface area contributed by atoms with E-state index in [4.69, 9.17) is 0 Å². The van der Waals surface area contributed by atoms with Gasteiger partial charge in [0.15, 0.2) is 0 Å². The van der Waals surface area contributed by atoms with Gasteiger partial charge >= 0.3 is 0 Å². The molecule has 0 unspecified atom stereocenters. The highest BCUT2D eigenvalue weighted by molar-refractivity contribution is 5.73. The van der Waals surface area contributed by atoms with E-state index < -0.39 is 0 Å². The van der Waals surface area contributed by atoms with Crippen LogP contribution in [0.15, 0.2) is 11.6 Å². The number of likely N-dealkylation sites (N-methyl/N-ethyl adjacent to an activating group) is 1. The van der Waals surface area contributed by atoms with Crippen LogP contribution in [0.1, 0.15) is 41.0 Å². The van der Waals surface area contributed by atoms with Crippen LogP contribution in [0.5, 0.6) is 0 Å². The van der Waals surface area contributed by atoms with Crippen molar-refractivity contribution in [2.24, 2.45) is 17.8 Å². The highest BCUT2D eigenvalue weighted by Crippen LogP contribution is 2.34. The third kappa shape index (κ3) is 5.32. The lowest BCUT2D eigenvalue weighted by Gasteiger charge is -2.43. The van der Waals surface area contributed by atoms with Crippen LogP contribution in [0.2, 0.25) is 0 Å². The predicted octanol–water partition coefficient (Wildman–Crippen LogP) is 2.38. The van der Waals surface area contributed by atoms with Gasteiger partial charge in [0.25, 0.3) is 0 Å². The summed E-state index contributed by atoms with van der Waals surface area (Å²) in [6.07, 6.45) is 3.53. The number of allylic oxidation sites excluding steroid dienone is 2. The van der Waals surface area contributed by atoms with Gasteiger partial charge in [0.05, 0.1) is 46.3 Å². The lowest BCUT2D eigenvalue weighted by atomic mass is 9.75. The first-order valence-electron chi connectivity index (χ1n) is 10.1. The van der Waals surface area contributed by atoms with Gasteiger partial charge in [0.2, 0.25) is 11.8 Å². The number of quaternary nitrogens is 1. The molecule has 1 saturated heterocycles. The number of amides is 2. The van der Waals surface area contributed by atoms with Crippen LogP contribution in [0, 0.1) is 17.8 Å². The van der Waals surface area contributed by atoms with Crippen LogP contribution < -0.4 is 0 Å². The molecule has 0 bridgehead atoms. The summed E-state index contributed by atoms with van der Waals surface area (Å²) < 4.78 is 0.947. The van der Waals surface area contributed by atoms with E-state index in [2.05, 4.69) is 38.8 Å². The quantitative estimate of drug-likeness (QED) is 0.555. The highest BCUT2D eigenvalue weighted by Gasteiger charge is 2.32. The molecule has 2 amide bonds. The largest absolute Gasteiger partial charge is 0.337 e. The van der Waals surface area contributed by atoms with E-state index in [1.54, 1.807) is 13.8 Å². The molecule has 1 fully saturated rings. The number of rotatable bonds is 5. The Bertz CT molecular complexity index is 549. The van der Waals surface area contributed by atoms with Crippen molar-refractivity contribution in [3.63, 3.8) is 0 Å². The van der Waals surface area contributed by atoms with E-state index in [0.29, 0.717) is 17.8 Å². The van der Waals surface area contributed by atoms with Crippen LogP contribution in [0.4, 0.5) is 0 Å². The maximum atomic E-state index is 12.3. The molecule has 5 nitrogen and oxygen atoms in total. The Hall–Kier alpha value is -1.36. The van der Waals surface area contributed by atoms with Gasteiger partial charge in [0, 0.05) is 20.4 Å². The zero-order valence-corrected chi connectivity index (χ0v) is 17.6. The third-order valence-electron chi connectivity index (χ3n) is 6.65. The summed E-state index contributed by atoms with van der Waals surface area (Å²) in [4.78, 5) is 27.8. The Labute approximate surface area is 159 Å². The van der Waals surface area contributed by atoms with Crippen molar-refractivity contribution in [1.29, 1.82) is 0 Å². The monoisotopic (exact) mass is 364 g/mol. The lowest BCUT2D eigenvalue weighted by Crippen LogP contribution is -2.60. The minimum Gasteiger partial charge on any atom is -0.337 e. The first-order valence-corrected chi connectivity index (χ1v) is 10.1. The second-order valence-corrected chi connectivity index (χ2v) is 8.98. The Balaban J connectivity index is 1.93. The molecule has 0 saturated carbocycles. The molecule has 3 atom stereocenters. The van der Waals surface area contributed by atoms with Crippen molar-refractivity contribution in [2.45, 2.75) is 41.0 Å². The molecule has 5 heteroatoms. The van der Waals surface area contributed by atoms with E-state index >= 15 is 0 Å². The summed E-state index contributed by atoms with van der Waals surface area (Å²) in [5.74, 6) is 2.06. The maximum absolute atomic E-state index is 12.3. The van der Waals surface area contributed by atoms with E-state index in [1.807, 2.05) is 4.90 Å². The molecule has 2 aliphatic rings. The van der Waals surface area contributed by atoms with Crippen molar-refractivity contribution in [3.8, 4) is 0 Å². The molecule has 1 aliphatic carbocycles. The molecule has 0 aromatic carbocycles. The molecule has 0 N–H and O–H groups in total. The summed E-state index contributed by atoms with van der Waals surface area (Å²) >= 11 is 0. The van der Waals surface area contributed by atoms with Gasteiger partial charge in [0.1, 0.15) is 0 Å². The molecule has 1 heterocycles. The summed E-state index contributed by atoms with van der Waals surface area (Å²) in [7, 11) is 2.26. The maximum Gasteiger partial charge on any atom is 0.219 e. The smallest absolute Gasteiger partial charge is 0.219 e. The Morgan fingerprint density at radius 1 is 1.23 bits per heavy atom. The second kappa shape index (κ2) is 8.55. The van der Waals surface area contributed by atoms with Crippen LogP contribution >= 0.6 is 0 Å². The fourth-order valence-corrected chi connectivity index (χ4v) is 4.64. The first-order chi connectivity index (χ1) is 12.1. The zero-order valence-electron chi connectivity index (χ0n) is 17.6. The van der Waals surface area contributed by atoms with Gasteiger partial charge in [-0.1, -0.05) is 25.5 Å². The molecule has 0 aromatic rings. The number of nitrogens with zero attached hydrogens (tertiary/aromatic N) is 3. The van der Waals surface area contributed by atoms with Crippen LogP contribution in [-0.4, -0.2) is 79.0 Å². The van der Waals surface area contributed by atoms with Gasteiger partial charge in [-0.15, -0.1) is 0 Å². The van der Waals surface area contributed by atoms with Crippen LogP contribution in [-0.2, 0) is 9.59 Å². The van der Waals surface area contributed by atoms with Crippen molar-refractivity contribution in [1.82, 2.24) is 9.80 Å². The molecule has 0 aromatic heterocycles. The molecular formula is C21H38N3O2+. The van der Waals surface area contributed by atoms with E-state index in [9.17, 15) is 9.59 Å². The first kappa shape index (κ1) is 20.9. The van der Waals surface area contributed by atoms with Gasteiger partial charge in [-0.2, -0.15) is 0 Å². The topological polar surface area (TPSA) is 40.6 Å². The third-order valence-corrected chi connectivity index (χ3v) is 6.65. The molecular weight excluding hydrogens is 326 g/mol. The minimum atomic E-state index is 0.172. The molecule has 1 aliphatic heterocycles. The van der Waals surface area contributed by atoms with Crippen LogP contribution in [0.3, 0.4) is 0 Å². The van der Waals surface area contributed by atoms with Gasteiger partial charge < -0.3 is 14.3 Å². The number of carbonyl (C=O) groups is 2. The number of hydrogen-bond donors (Lipinski definition) is 0. The SMILES string of the molecule is CC(=O)N1CC[N+](C)(CCN(C[C@H]2[C@H](C)C=C(C)C[C@H]2C)C(C)=O)CC1. The standard InChI is InChI=1S/C21H38N3O2/c1-16-13-17(2)21(18(3)14-16)15-23(20(5)26)9-12-24(6)10-7-22(8-11-24)19(4)25/h13,17-18,21H,7-12,14-15H2,1-6H3/q+1/t17-,18-,21+/m1/s1. The fourth-order valence-electron chi connectivity index (χ4n) is 4.64. The molecule has 148 valence electrons. The number of hydrogen-bond acceptors (Lipinski definition) is 2. The zero-order chi connectivity index (χ0) is 19.5. The Kier molecular flexibility index (Phi) is 6.89. The van der Waals surface area contributed by atoms with Gasteiger partial charge in [-0.05, 0) is 31.1 Å². The van der Waals surface area contributed by atoms with Crippen molar-refractivity contribution in [3.05, 3.63) is 11.6 Å². The highest BCUT2D eigenvalue weighted by atomic mass is 16.2. The van der Waals surface area contributed by atoms with E-state index in [-0.39, 0.29) is 11.8 Å². The Morgan fingerprint density at radius 2 is 1.85 bits per heavy atom. The van der Waals surface area contributed by atoms with Gasteiger partial charge in [-0.25, -0.2) is 0 Å². The van der Waals surface area contributed by atoms with Gasteiger partial charge in [-0.3, -0.25) is 9.59 Å². The molecule has 2 rings (SSSR count). The average molecular weight is 365 g/mol. The summed E-state index contributed by atoms with van der Waals surface area (Å²) in [6, 6.07) is 0. The van der Waals surface area contributed by atoms with Crippen molar-refractivity contribution < 1.29 is 14.1 Å². The van der Waals surface area contributed by atoms with Crippen molar-refractivity contribution >= 4 is 11.8 Å². The Morgan fingerprint density at radius 3 is 2.35 bits per heavy atom. The van der Waals surface area contributed by atoms with E-state index in [0.717, 1.165) is 56.7 Å². The number of piperazine rings is 1. The summed E-state index contributed by atoms with van der Waals surface area (Å²) in [5.41, 5.74) is 1.48. The predicted molar refractivity (Wildman–Crippen MR) is 105 cm³/mol. The molecule has 26 heavy (non-hydrogen) atoms. The normalized spacial score (nSPS) is 28.5. The van der Waals surface area contributed by atoms with Crippen molar-refractivity contribution in [2.75, 3.05) is 52.9 Å². The second-order valence-electron chi connectivity index (χ2n) is 8.98. The lowest BCUT2D eigenvalue weighted by molar-refractivity contribution is -0.912. The average Bonchev–Trinajstić information content (AvgIpc) is 2.53. The van der Waals surface area contributed by atoms with E-state index in [1.165, 1.54) is 5.57 Å². The molecule has 0 spiro atoms.